The number of rotatable bonds is 6. The summed E-state index contributed by atoms with van der Waals surface area (Å²) in [5.41, 5.74) is -0.149. The summed E-state index contributed by atoms with van der Waals surface area (Å²) in [6.45, 7) is 5.19. The van der Waals surface area contributed by atoms with Crippen LogP contribution in [0.3, 0.4) is 0 Å². The van der Waals surface area contributed by atoms with Crippen LogP contribution in [0, 0.1) is 0 Å². The Morgan fingerprint density at radius 1 is 1.22 bits per heavy atom. The first-order valence-electron chi connectivity index (χ1n) is 7.09. The van der Waals surface area contributed by atoms with Gasteiger partial charge in [0.25, 0.3) is 0 Å². The van der Waals surface area contributed by atoms with Crippen LogP contribution in [-0.4, -0.2) is 37.0 Å². The van der Waals surface area contributed by atoms with Gasteiger partial charge in [-0.25, -0.2) is 4.79 Å². The van der Waals surface area contributed by atoms with E-state index in [-0.39, 0.29) is 6.42 Å². The lowest BCUT2D eigenvalue weighted by Gasteiger charge is -2.24. The number of alkyl carbamates (subject to hydrolysis) is 1. The van der Waals surface area contributed by atoms with Crippen LogP contribution in [0.15, 0.2) is 18.2 Å². The summed E-state index contributed by atoms with van der Waals surface area (Å²) < 4.78 is 15.6. The summed E-state index contributed by atoms with van der Waals surface area (Å²) in [6.07, 6.45) is -0.997. The number of methoxy groups -OCH3 is 2. The normalized spacial score (nSPS) is 12.2. The summed E-state index contributed by atoms with van der Waals surface area (Å²) in [5.74, 6) is -0.0625. The number of hydrogen-bond donors (Lipinski definition) is 2. The molecular weight excluding hydrogens is 302 g/mol. The summed E-state index contributed by atoms with van der Waals surface area (Å²) in [5, 5.41) is 11.7. The lowest BCUT2D eigenvalue weighted by Crippen LogP contribution is -2.36. The van der Waals surface area contributed by atoms with E-state index >= 15 is 0 Å². The fourth-order valence-electron chi connectivity index (χ4n) is 1.97. The van der Waals surface area contributed by atoms with Crippen molar-refractivity contribution < 1.29 is 28.9 Å². The number of amides is 1. The van der Waals surface area contributed by atoms with Gasteiger partial charge in [-0.2, -0.15) is 0 Å². The minimum absolute atomic E-state index is 0.304. The number of carboxylic acids is 1. The Balaban J connectivity index is 3.06. The minimum atomic E-state index is -1.05. The number of carboxylic acid groups (broad SMARTS) is 1. The van der Waals surface area contributed by atoms with E-state index in [9.17, 15) is 9.59 Å². The molecule has 0 aliphatic heterocycles. The van der Waals surface area contributed by atoms with Crippen molar-refractivity contribution in [1.82, 2.24) is 5.32 Å². The van der Waals surface area contributed by atoms with Gasteiger partial charge in [-0.05, 0) is 32.9 Å². The van der Waals surface area contributed by atoms with Crippen LogP contribution in [0.1, 0.15) is 38.8 Å². The largest absolute Gasteiger partial charge is 0.497 e. The topological polar surface area (TPSA) is 94.1 Å². The maximum absolute atomic E-state index is 12.0. The molecule has 0 radical (unpaired) electrons. The van der Waals surface area contributed by atoms with Gasteiger partial charge in [0.15, 0.2) is 0 Å². The van der Waals surface area contributed by atoms with E-state index in [1.807, 2.05) is 0 Å². The van der Waals surface area contributed by atoms with Crippen molar-refractivity contribution in [3.63, 3.8) is 0 Å². The van der Waals surface area contributed by atoms with Crippen molar-refractivity contribution in [3.8, 4) is 11.5 Å². The second kappa shape index (κ2) is 7.71. The van der Waals surface area contributed by atoms with Crippen LogP contribution in [-0.2, 0) is 9.53 Å². The number of carbonyl (C=O) groups is 2. The average molecular weight is 325 g/mol. The van der Waals surface area contributed by atoms with Gasteiger partial charge in [-0.15, -0.1) is 0 Å². The molecule has 7 heteroatoms. The molecule has 0 aliphatic rings. The first kappa shape index (κ1) is 18.6. The molecule has 0 aromatic heterocycles. The predicted octanol–water partition coefficient (Wildman–Crippen LogP) is 2.74. The molecule has 1 aromatic carbocycles. The van der Waals surface area contributed by atoms with Crippen molar-refractivity contribution >= 4 is 12.1 Å². The average Bonchev–Trinajstić information content (AvgIpc) is 2.43. The molecular formula is C16H23NO6. The number of carbonyl (C=O) groups excluding carboxylic acids is 1. The lowest BCUT2D eigenvalue weighted by molar-refractivity contribution is -0.137. The molecule has 0 aliphatic carbocycles. The number of nitrogens with one attached hydrogen (secondary N) is 1. The summed E-state index contributed by atoms with van der Waals surface area (Å²) in [7, 11) is 2.98. The maximum atomic E-state index is 12.0. The van der Waals surface area contributed by atoms with E-state index < -0.39 is 23.7 Å². The third-order valence-corrected chi connectivity index (χ3v) is 2.89. The second-order valence-electron chi connectivity index (χ2n) is 5.90. The predicted molar refractivity (Wildman–Crippen MR) is 83.9 cm³/mol. The smallest absolute Gasteiger partial charge is 0.408 e. The monoisotopic (exact) mass is 325 g/mol. The van der Waals surface area contributed by atoms with Gasteiger partial charge >= 0.3 is 12.1 Å². The number of benzene rings is 1. The Labute approximate surface area is 135 Å². The fourth-order valence-corrected chi connectivity index (χ4v) is 1.97. The molecule has 0 saturated carbocycles. The van der Waals surface area contributed by atoms with E-state index in [1.165, 1.54) is 14.2 Å². The molecule has 0 unspecified atom stereocenters. The van der Waals surface area contributed by atoms with Crippen LogP contribution >= 0.6 is 0 Å². The van der Waals surface area contributed by atoms with Gasteiger partial charge < -0.3 is 24.6 Å². The van der Waals surface area contributed by atoms with Crippen molar-refractivity contribution in [2.45, 2.75) is 38.8 Å². The van der Waals surface area contributed by atoms with Gasteiger partial charge in [0.1, 0.15) is 17.1 Å². The molecule has 1 aromatic rings. The van der Waals surface area contributed by atoms with Crippen LogP contribution in [0.2, 0.25) is 0 Å². The van der Waals surface area contributed by atoms with Crippen LogP contribution in [0.25, 0.3) is 0 Å². The first-order chi connectivity index (χ1) is 10.7. The first-order valence-corrected chi connectivity index (χ1v) is 7.09. The summed E-state index contributed by atoms with van der Waals surface area (Å²) in [4.78, 5) is 23.1. The zero-order valence-corrected chi connectivity index (χ0v) is 14.0. The lowest BCUT2D eigenvalue weighted by atomic mass is 10.0. The van der Waals surface area contributed by atoms with Crippen LogP contribution in [0.4, 0.5) is 4.79 Å². The Morgan fingerprint density at radius 2 is 1.87 bits per heavy atom. The van der Waals surface area contributed by atoms with Gasteiger partial charge in [0.2, 0.25) is 0 Å². The van der Waals surface area contributed by atoms with Gasteiger partial charge in [0.05, 0.1) is 26.7 Å². The highest BCUT2D eigenvalue weighted by Crippen LogP contribution is 2.31. The Kier molecular flexibility index (Phi) is 6.24. The third-order valence-electron chi connectivity index (χ3n) is 2.89. The Hall–Kier alpha value is -2.44. The molecule has 0 spiro atoms. The van der Waals surface area contributed by atoms with E-state index in [2.05, 4.69) is 5.32 Å². The number of ether oxygens (including phenoxy) is 3. The molecule has 1 amide bonds. The quantitative estimate of drug-likeness (QED) is 0.835. The Morgan fingerprint density at radius 3 is 2.35 bits per heavy atom. The standard InChI is InChI=1S/C16H23NO6/c1-16(2,3)23-15(20)17-12(9-14(18)19)11-7-6-10(21-4)8-13(11)22-5/h6-8,12H,9H2,1-5H3,(H,17,20)(H,18,19)/t12-/m1/s1. The number of aliphatic carboxylic acids is 1. The van der Waals surface area contributed by atoms with E-state index in [0.717, 1.165) is 0 Å². The molecule has 0 fully saturated rings. The molecule has 23 heavy (non-hydrogen) atoms. The van der Waals surface area contributed by atoms with Crippen LogP contribution < -0.4 is 14.8 Å². The van der Waals surface area contributed by atoms with Crippen LogP contribution in [0.5, 0.6) is 11.5 Å². The molecule has 2 N–H and O–H groups in total. The van der Waals surface area contributed by atoms with Gasteiger partial charge in [-0.3, -0.25) is 4.79 Å². The SMILES string of the molecule is COc1ccc([C@@H](CC(=O)O)NC(=O)OC(C)(C)C)c(OC)c1. The van der Waals surface area contributed by atoms with Gasteiger partial charge in [0, 0.05) is 11.6 Å². The highest BCUT2D eigenvalue weighted by atomic mass is 16.6. The van der Waals surface area contributed by atoms with E-state index in [0.29, 0.717) is 17.1 Å². The second-order valence-corrected chi connectivity index (χ2v) is 5.90. The molecule has 0 bridgehead atoms. The Bertz CT molecular complexity index is 564. The zero-order chi connectivity index (χ0) is 17.6. The molecule has 7 nitrogen and oxygen atoms in total. The third kappa shape index (κ3) is 6.06. The highest BCUT2D eigenvalue weighted by Gasteiger charge is 2.25. The zero-order valence-electron chi connectivity index (χ0n) is 14.0. The maximum Gasteiger partial charge on any atom is 0.408 e. The number of hydrogen-bond acceptors (Lipinski definition) is 5. The van der Waals surface area contributed by atoms with Gasteiger partial charge in [-0.1, -0.05) is 0 Å². The minimum Gasteiger partial charge on any atom is -0.497 e. The molecule has 1 rings (SSSR count). The van der Waals surface area contributed by atoms with E-state index in [1.54, 1.807) is 39.0 Å². The fraction of sp³-hybridized carbons (Fsp3) is 0.500. The molecule has 128 valence electrons. The van der Waals surface area contributed by atoms with Crippen molar-refractivity contribution in [1.29, 1.82) is 0 Å². The molecule has 0 heterocycles. The molecule has 1 atom stereocenters. The highest BCUT2D eigenvalue weighted by molar-refractivity contribution is 5.72. The summed E-state index contributed by atoms with van der Waals surface area (Å²) >= 11 is 0. The van der Waals surface area contributed by atoms with Crippen molar-refractivity contribution in [2.75, 3.05) is 14.2 Å². The van der Waals surface area contributed by atoms with Crippen molar-refractivity contribution in [3.05, 3.63) is 23.8 Å². The molecule has 0 saturated heterocycles. The summed E-state index contributed by atoms with van der Waals surface area (Å²) in [6, 6.07) is 4.16. The van der Waals surface area contributed by atoms with E-state index in [4.69, 9.17) is 19.3 Å². The van der Waals surface area contributed by atoms with Crippen molar-refractivity contribution in [2.24, 2.45) is 0 Å².